The van der Waals surface area contributed by atoms with Gasteiger partial charge >= 0.3 is 18.6 Å². The Hall–Kier alpha value is -2.64. The van der Waals surface area contributed by atoms with E-state index in [9.17, 15) is 18.4 Å². The Morgan fingerprint density at radius 2 is 1.96 bits per heavy atom. The summed E-state index contributed by atoms with van der Waals surface area (Å²) in [6, 6.07) is 4.70. The number of ether oxygens (including phenoxy) is 2. The lowest BCUT2D eigenvalue weighted by Crippen LogP contribution is -2.48. The molecule has 0 saturated heterocycles. The SMILES string of the molecule is COC(=O)C1=C(C)N(CCC(C)C)C(=O)N[C@@H]1c1ccccc1OC(F)F. The van der Waals surface area contributed by atoms with Crippen molar-refractivity contribution in [3.63, 3.8) is 0 Å². The predicted molar refractivity (Wildman–Crippen MR) is 95.2 cm³/mol. The second-order valence-electron chi connectivity index (χ2n) is 6.62. The van der Waals surface area contributed by atoms with Gasteiger partial charge in [0, 0.05) is 17.8 Å². The number of hydrogen-bond acceptors (Lipinski definition) is 4. The van der Waals surface area contributed by atoms with Crippen molar-refractivity contribution in [3.05, 3.63) is 41.1 Å². The van der Waals surface area contributed by atoms with Gasteiger partial charge in [0.05, 0.1) is 18.7 Å². The summed E-state index contributed by atoms with van der Waals surface area (Å²) in [5, 5.41) is 2.72. The molecule has 27 heavy (non-hydrogen) atoms. The van der Waals surface area contributed by atoms with E-state index in [0.717, 1.165) is 6.42 Å². The van der Waals surface area contributed by atoms with E-state index in [2.05, 4.69) is 10.1 Å². The van der Waals surface area contributed by atoms with Crippen LogP contribution in [0.4, 0.5) is 13.6 Å². The first-order valence-corrected chi connectivity index (χ1v) is 8.67. The number of benzene rings is 1. The summed E-state index contributed by atoms with van der Waals surface area (Å²) in [4.78, 5) is 26.5. The van der Waals surface area contributed by atoms with Crippen molar-refractivity contribution in [3.8, 4) is 5.75 Å². The van der Waals surface area contributed by atoms with Crippen molar-refractivity contribution >= 4 is 12.0 Å². The second kappa shape index (κ2) is 8.83. The molecule has 1 aliphatic rings. The monoisotopic (exact) mass is 382 g/mol. The molecule has 1 atom stereocenters. The van der Waals surface area contributed by atoms with Gasteiger partial charge < -0.3 is 14.8 Å². The van der Waals surface area contributed by atoms with Crippen LogP contribution in [0, 0.1) is 5.92 Å². The quantitative estimate of drug-likeness (QED) is 0.728. The molecule has 148 valence electrons. The maximum Gasteiger partial charge on any atom is 0.387 e. The molecule has 8 heteroatoms. The van der Waals surface area contributed by atoms with Gasteiger partial charge in [0.2, 0.25) is 0 Å². The van der Waals surface area contributed by atoms with Crippen LogP contribution in [0.2, 0.25) is 0 Å². The molecule has 1 aromatic carbocycles. The Morgan fingerprint density at radius 1 is 1.30 bits per heavy atom. The van der Waals surface area contributed by atoms with Crippen molar-refractivity contribution < 1.29 is 27.8 Å². The minimum absolute atomic E-state index is 0.109. The van der Waals surface area contributed by atoms with Gasteiger partial charge in [-0.3, -0.25) is 4.90 Å². The maximum absolute atomic E-state index is 12.8. The van der Waals surface area contributed by atoms with Gasteiger partial charge in [-0.15, -0.1) is 0 Å². The zero-order valence-corrected chi connectivity index (χ0v) is 15.8. The van der Waals surface area contributed by atoms with Crippen molar-refractivity contribution in [1.82, 2.24) is 10.2 Å². The average molecular weight is 382 g/mol. The number of alkyl halides is 2. The van der Waals surface area contributed by atoms with Gasteiger partial charge in [-0.05, 0) is 25.3 Å². The number of hydrogen-bond donors (Lipinski definition) is 1. The molecule has 0 aromatic heterocycles. The molecular weight excluding hydrogens is 358 g/mol. The zero-order chi connectivity index (χ0) is 20.1. The lowest BCUT2D eigenvalue weighted by molar-refractivity contribution is -0.136. The number of carbonyl (C=O) groups excluding carboxylic acids is 2. The first kappa shape index (κ1) is 20.7. The number of nitrogens with zero attached hydrogens (tertiary/aromatic N) is 1. The number of para-hydroxylation sites is 1. The van der Waals surface area contributed by atoms with Crippen LogP contribution in [0.5, 0.6) is 5.75 Å². The number of urea groups is 1. The zero-order valence-electron chi connectivity index (χ0n) is 15.8. The van der Waals surface area contributed by atoms with E-state index in [1.54, 1.807) is 13.0 Å². The number of carbonyl (C=O) groups is 2. The fraction of sp³-hybridized carbons (Fsp3) is 0.474. The molecule has 0 saturated carbocycles. The summed E-state index contributed by atoms with van der Waals surface area (Å²) in [7, 11) is 1.23. The van der Waals surface area contributed by atoms with Crippen LogP contribution in [-0.4, -0.2) is 37.2 Å². The molecule has 6 nitrogen and oxygen atoms in total. The number of methoxy groups -OCH3 is 1. The largest absolute Gasteiger partial charge is 0.466 e. The summed E-state index contributed by atoms with van der Waals surface area (Å²) < 4.78 is 35.0. The highest BCUT2D eigenvalue weighted by molar-refractivity contribution is 5.95. The molecule has 2 amide bonds. The minimum atomic E-state index is -3.03. The Morgan fingerprint density at radius 3 is 2.56 bits per heavy atom. The number of allylic oxidation sites excluding steroid dienone is 1. The summed E-state index contributed by atoms with van der Waals surface area (Å²) in [6.45, 7) is 3.11. The fourth-order valence-corrected chi connectivity index (χ4v) is 2.97. The van der Waals surface area contributed by atoms with E-state index in [1.807, 2.05) is 13.8 Å². The second-order valence-corrected chi connectivity index (χ2v) is 6.62. The topological polar surface area (TPSA) is 67.9 Å². The highest BCUT2D eigenvalue weighted by atomic mass is 19.3. The van der Waals surface area contributed by atoms with Crippen molar-refractivity contribution in [2.75, 3.05) is 13.7 Å². The number of amides is 2. The van der Waals surface area contributed by atoms with Crippen LogP contribution in [0.3, 0.4) is 0 Å². The Balaban J connectivity index is 2.50. The standard InChI is InChI=1S/C19H24F2N2O4/c1-11(2)9-10-23-12(3)15(17(24)26-4)16(22-19(23)25)13-7-5-6-8-14(13)27-18(20)21/h5-8,11,16,18H,9-10H2,1-4H3,(H,22,25)/t16-/m1/s1. The molecular formula is C19H24F2N2O4. The first-order valence-electron chi connectivity index (χ1n) is 8.67. The van der Waals surface area contributed by atoms with Gasteiger partial charge in [-0.25, -0.2) is 9.59 Å². The number of rotatable bonds is 7. The maximum atomic E-state index is 12.8. The molecule has 0 aliphatic carbocycles. The molecule has 1 aliphatic heterocycles. The van der Waals surface area contributed by atoms with Crippen LogP contribution >= 0.6 is 0 Å². The van der Waals surface area contributed by atoms with Gasteiger partial charge in [-0.1, -0.05) is 32.0 Å². The highest BCUT2D eigenvalue weighted by Crippen LogP contribution is 2.36. The highest BCUT2D eigenvalue weighted by Gasteiger charge is 2.37. The van der Waals surface area contributed by atoms with Gasteiger partial charge in [0.25, 0.3) is 0 Å². The van der Waals surface area contributed by atoms with E-state index in [0.29, 0.717) is 18.2 Å². The number of nitrogens with one attached hydrogen (secondary N) is 1. The van der Waals surface area contributed by atoms with Crippen LogP contribution < -0.4 is 10.1 Å². The minimum Gasteiger partial charge on any atom is -0.466 e. The third-order valence-electron chi connectivity index (χ3n) is 4.38. The molecule has 0 unspecified atom stereocenters. The summed E-state index contributed by atoms with van der Waals surface area (Å²) in [6.07, 6.45) is 0.745. The Kier molecular flexibility index (Phi) is 6.76. The van der Waals surface area contributed by atoms with Crippen LogP contribution in [0.25, 0.3) is 0 Å². The van der Waals surface area contributed by atoms with E-state index < -0.39 is 24.7 Å². The number of esters is 1. The molecule has 0 bridgehead atoms. The lowest BCUT2D eigenvalue weighted by Gasteiger charge is -2.36. The Bertz CT molecular complexity index is 734. The average Bonchev–Trinajstić information content (AvgIpc) is 2.60. The van der Waals surface area contributed by atoms with E-state index in [4.69, 9.17) is 4.74 Å². The summed E-state index contributed by atoms with van der Waals surface area (Å²) in [5.74, 6) is -0.383. The Labute approximate surface area is 157 Å². The van der Waals surface area contributed by atoms with Gasteiger partial charge in [0.1, 0.15) is 5.75 Å². The molecule has 0 spiro atoms. The molecule has 2 rings (SSSR count). The molecule has 1 heterocycles. The van der Waals surface area contributed by atoms with E-state index >= 15 is 0 Å². The van der Waals surface area contributed by atoms with Crippen molar-refractivity contribution in [2.24, 2.45) is 5.92 Å². The molecule has 1 N–H and O–H groups in total. The van der Waals surface area contributed by atoms with Crippen molar-refractivity contribution in [2.45, 2.75) is 39.8 Å². The normalized spacial score (nSPS) is 17.4. The van der Waals surface area contributed by atoms with E-state index in [-0.39, 0.29) is 16.9 Å². The third kappa shape index (κ3) is 4.75. The van der Waals surface area contributed by atoms with Crippen molar-refractivity contribution in [1.29, 1.82) is 0 Å². The van der Waals surface area contributed by atoms with Crippen LogP contribution in [-0.2, 0) is 9.53 Å². The first-order chi connectivity index (χ1) is 12.8. The lowest BCUT2D eigenvalue weighted by atomic mass is 9.94. The predicted octanol–water partition coefficient (Wildman–Crippen LogP) is 3.85. The molecule has 0 radical (unpaired) electrons. The van der Waals surface area contributed by atoms with Gasteiger partial charge in [-0.2, -0.15) is 8.78 Å². The number of halogens is 2. The smallest absolute Gasteiger partial charge is 0.387 e. The van der Waals surface area contributed by atoms with E-state index in [1.165, 1.54) is 30.2 Å². The van der Waals surface area contributed by atoms with Crippen LogP contribution in [0.15, 0.2) is 35.5 Å². The summed E-state index contributed by atoms with van der Waals surface area (Å²) in [5.41, 5.74) is 0.878. The molecule has 0 fully saturated rings. The fourth-order valence-electron chi connectivity index (χ4n) is 2.97. The third-order valence-corrected chi connectivity index (χ3v) is 4.38. The van der Waals surface area contributed by atoms with Crippen LogP contribution in [0.1, 0.15) is 38.8 Å². The molecule has 1 aromatic rings. The summed E-state index contributed by atoms with van der Waals surface area (Å²) >= 11 is 0. The van der Waals surface area contributed by atoms with Gasteiger partial charge in [0.15, 0.2) is 0 Å².